The minimum atomic E-state index is -0.793. The molecule has 1 aromatic carbocycles. The van der Waals surface area contributed by atoms with Gasteiger partial charge in [-0.1, -0.05) is 15.9 Å². The Morgan fingerprint density at radius 3 is 2.55 bits per heavy atom. The predicted octanol–water partition coefficient (Wildman–Crippen LogP) is 2.92. The van der Waals surface area contributed by atoms with Crippen LogP contribution >= 0.6 is 15.9 Å². The minimum absolute atomic E-state index is 0.0662. The SMILES string of the molecule is O=C(O)C1CC2CCC1N2C(=O)Nc1ccc(Br)cc1. The Labute approximate surface area is 125 Å². The number of carbonyl (C=O) groups excluding carboxylic acids is 1. The molecule has 5 nitrogen and oxygen atoms in total. The molecule has 0 saturated carbocycles. The summed E-state index contributed by atoms with van der Waals surface area (Å²) in [5, 5.41) is 12.0. The number of benzene rings is 1. The van der Waals surface area contributed by atoms with Crippen LogP contribution in [-0.4, -0.2) is 34.1 Å². The van der Waals surface area contributed by atoms with Gasteiger partial charge < -0.3 is 15.3 Å². The molecule has 0 aliphatic carbocycles. The van der Waals surface area contributed by atoms with Gasteiger partial charge in [-0.3, -0.25) is 4.79 Å². The second-order valence-corrected chi connectivity index (χ2v) is 6.24. The molecular weight excluding hydrogens is 324 g/mol. The van der Waals surface area contributed by atoms with Crippen LogP contribution in [0.1, 0.15) is 19.3 Å². The van der Waals surface area contributed by atoms with Crippen LogP contribution in [0.2, 0.25) is 0 Å². The average Bonchev–Trinajstić information content (AvgIpc) is 2.99. The van der Waals surface area contributed by atoms with Crippen molar-refractivity contribution in [3.63, 3.8) is 0 Å². The molecule has 0 aromatic heterocycles. The fraction of sp³-hybridized carbons (Fsp3) is 0.429. The van der Waals surface area contributed by atoms with E-state index in [0.717, 1.165) is 23.0 Å². The summed E-state index contributed by atoms with van der Waals surface area (Å²) in [7, 11) is 0. The molecule has 3 unspecified atom stereocenters. The molecule has 2 bridgehead atoms. The first-order valence-corrected chi connectivity index (χ1v) is 7.43. The molecule has 2 heterocycles. The molecule has 2 amide bonds. The molecule has 2 saturated heterocycles. The number of nitrogens with one attached hydrogen (secondary N) is 1. The number of anilines is 1. The van der Waals surface area contributed by atoms with Crippen molar-refractivity contribution >= 4 is 33.6 Å². The van der Waals surface area contributed by atoms with Crippen LogP contribution in [0, 0.1) is 5.92 Å². The van der Waals surface area contributed by atoms with Crippen molar-refractivity contribution in [3.05, 3.63) is 28.7 Å². The van der Waals surface area contributed by atoms with Crippen LogP contribution in [0.4, 0.5) is 10.5 Å². The van der Waals surface area contributed by atoms with Gasteiger partial charge in [0, 0.05) is 22.2 Å². The third kappa shape index (κ3) is 2.28. The van der Waals surface area contributed by atoms with Crippen LogP contribution < -0.4 is 5.32 Å². The maximum atomic E-state index is 12.3. The first-order chi connectivity index (χ1) is 9.56. The first-order valence-electron chi connectivity index (χ1n) is 6.64. The monoisotopic (exact) mass is 338 g/mol. The summed E-state index contributed by atoms with van der Waals surface area (Å²) >= 11 is 3.34. The van der Waals surface area contributed by atoms with Crippen LogP contribution in [-0.2, 0) is 4.79 Å². The summed E-state index contributed by atoms with van der Waals surface area (Å²) in [6.45, 7) is 0. The maximum Gasteiger partial charge on any atom is 0.322 e. The molecule has 2 N–H and O–H groups in total. The van der Waals surface area contributed by atoms with Gasteiger partial charge in [-0.25, -0.2) is 4.79 Å². The maximum absolute atomic E-state index is 12.3. The molecular formula is C14H15BrN2O3. The number of hydrogen-bond donors (Lipinski definition) is 2. The summed E-state index contributed by atoms with van der Waals surface area (Å²) < 4.78 is 0.947. The highest BCUT2D eigenvalue weighted by Crippen LogP contribution is 2.42. The van der Waals surface area contributed by atoms with Crippen molar-refractivity contribution in [1.82, 2.24) is 4.90 Å². The molecule has 20 heavy (non-hydrogen) atoms. The Hall–Kier alpha value is -1.56. The summed E-state index contributed by atoms with van der Waals surface area (Å²) in [4.78, 5) is 25.3. The van der Waals surface area contributed by atoms with Gasteiger partial charge in [-0.15, -0.1) is 0 Å². The van der Waals surface area contributed by atoms with Gasteiger partial charge in [0.1, 0.15) is 0 Å². The van der Waals surface area contributed by atoms with Crippen LogP contribution in [0.15, 0.2) is 28.7 Å². The van der Waals surface area contributed by atoms with E-state index in [-0.39, 0.29) is 18.1 Å². The van der Waals surface area contributed by atoms with Gasteiger partial charge >= 0.3 is 12.0 Å². The van der Waals surface area contributed by atoms with Crippen molar-refractivity contribution < 1.29 is 14.7 Å². The molecule has 2 aliphatic rings. The Morgan fingerprint density at radius 1 is 1.25 bits per heavy atom. The van der Waals surface area contributed by atoms with Gasteiger partial charge in [0.25, 0.3) is 0 Å². The van der Waals surface area contributed by atoms with E-state index >= 15 is 0 Å². The molecule has 3 atom stereocenters. The summed E-state index contributed by atoms with van der Waals surface area (Å²) in [6, 6.07) is 7.05. The van der Waals surface area contributed by atoms with E-state index in [0.29, 0.717) is 6.42 Å². The van der Waals surface area contributed by atoms with Crippen molar-refractivity contribution in [2.24, 2.45) is 5.92 Å². The third-order valence-electron chi connectivity index (χ3n) is 4.18. The quantitative estimate of drug-likeness (QED) is 0.870. The Morgan fingerprint density at radius 2 is 1.95 bits per heavy atom. The van der Waals surface area contributed by atoms with Gasteiger partial charge in [-0.2, -0.15) is 0 Å². The number of hydrogen-bond acceptors (Lipinski definition) is 2. The van der Waals surface area contributed by atoms with Gasteiger partial charge in [0.15, 0.2) is 0 Å². The lowest BCUT2D eigenvalue weighted by Gasteiger charge is -2.23. The Balaban J connectivity index is 1.72. The highest BCUT2D eigenvalue weighted by atomic mass is 79.9. The molecule has 106 valence electrons. The fourth-order valence-corrected chi connectivity index (χ4v) is 3.56. The van der Waals surface area contributed by atoms with Crippen LogP contribution in [0.25, 0.3) is 0 Å². The normalized spacial score (nSPS) is 27.6. The van der Waals surface area contributed by atoms with Gasteiger partial charge in [0.2, 0.25) is 0 Å². The lowest BCUT2D eigenvalue weighted by Crippen LogP contribution is -2.40. The predicted molar refractivity (Wildman–Crippen MR) is 77.6 cm³/mol. The molecule has 0 radical (unpaired) electrons. The van der Waals surface area contributed by atoms with E-state index in [1.165, 1.54) is 0 Å². The standard InChI is InChI=1S/C14H15BrN2O3/c15-8-1-3-9(4-2-8)16-14(20)17-10-5-6-12(17)11(7-10)13(18)19/h1-4,10-12H,5-7H2,(H,16,20)(H,18,19). The number of aliphatic carboxylic acids is 1. The van der Waals surface area contributed by atoms with E-state index in [1.807, 2.05) is 24.3 Å². The number of carboxylic acids is 1. The highest BCUT2D eigenvalue weighted by molar-refractivity contribution is 9.10. The Kier molecular flexibility index (Phi) is 3.41. The summed E-state index contributed by atoms with van der Waals surface area (Å²) in [5.74, 6) is -1.21. The fourth-order valence-electron chi connectivity index (χ4n) is 3.29. The summed E-state index contributed by atoms with van der Waals surface area (Å²) in [6.07, 6.45) is 2.27. The second-order valence-electron chi connectivity index (χ2n) is 5.32. The van der Waals surface area contributed by atoms with E-state index < -0.39 is 11.9 Å². The molecule has 0 spiro atoms. The molecule has 2 aliphatic heterocycles. The Bertz CT molecular complexity index is 546. The first kappa shape index (κ1) is 13.4. The third-order valence-corrected chi connectivity index (χ3v) is 4.71. The van der Waals surface area contributed by atoms with E-state index in [4.69, 9.17) is 0 Å². The zero-order chi connectivity index (χ0) is 14.3. The van der Waals surface area contributed by atoms with Crippen molar-refractivity contribution in [2.75, 3.05) is 5.32 Å². The number of fused-ring (bicyclic) bond motifs is 2. The largest absolute Gasteiger partial charge is 0.481 e. The zero-order valence-electron chi connectivity index (χ0n) is 10.8. The second kappa shape index (κ2) is 5.09. The van der Waals surface area contributed by atoms with E-state index in [1.54, 1.807) is 4.90 Å². The highest BCUT2D eigenvalue weighted by Gasteiger charge is 2.51. The number of urea groups is 1. The topological polar surface area (TPSA) is 69.6 Å². The molecule has 3 rings (SSSR count). The number of amides is 2. The lowest BCUT2D eigenvalue weighted by atomic mass is 9.89. The van der Waals surface area contributed by atoms with E-state index in [9.17, 15) is 14.7 Å². The van der Waals surface area contributed by atoms with Gasteiger partial charge in [-0.05, 0) is 43.5 Å². The molecule has 2 fully saturated rings. The van der Waals surface area contributed by atoms with Crippen LogP contribution in [0.5, 0.6) is 0 Å². The molecule has 6 heteroatoms. The van der Waals surface area contributed by atoms with Crippen molar-refractivity contribution in [2.45, 2.75) is 31.3 Å². The minimum Gasteiger partial charge on any atom is -0.481 e. The lowest BCUT2D eigenvalue weighted by molar-refractivity contribution is -0.142. The smallest absolute Gasteiger partial charge is 0.322 e. The summed E-state index contributed by atoms with van der Waals surface area (Å²) in [5.41, 5.74) is 0.719. The van der Waals surface area contributed by atoms with Crippen LogP contribution in [0.3, 0.4) is 0 Å². The van der Waals surface area contributed by atoms with E-state index in [2.05, 4.69) is 21.2 Å². The average molecular weight is 339 g/mol. The zero-order valence-corrected chi connectivity index (χ0v) is 12.3. The number of halogens is 1. The van der Waals surface area contributed by atoms with Crippen molar-refractivity contribution in [3.8, 4) is 0 Å². The van der Waals surface area contributed by atoms with Crippen molar-refractivity contribution in [1.29, 1.82) is 0 Å². The number of carboxylic acid groups (broad SMARTS) is 1. The number of carbonyl (C=O) groups is 2. The van der Waals surface area contributed by atoms with Gasteiger partial charge in [0.05, 0.1) is 5.92 Å². The molecule has 1 aromatic rings. The number of rotatable bonds is 2. The number of nitrogens with zero attached hydrogens (tertiary/aromatic N) is 1.